The number of nitrogens with zero attached hydrogens (tertiary/aromatic N) is 2. The molecule has 0 spiro atoms. The number of nitrogens with one attached hydrogen (secondary N) is 1. The quantitative estimate of drug-likeness (QED) is 0.164. The minimum Gasteiger partial charge on any atom is -0.497 e. The van der Waals surface area contributed by atoms with Gasteiger partial charge in [-0.05, 0) is 72.9 Å². The van der Waals surface area contributed by atoms with E-state index in [1.165, 1.54) is 17.0 Å². The summed E-state index contributed by atoms with van der Waals surface area (Å²) in [5.41, 5.74) is 2.53. The summed E-state index contributed by atoms with van der Waals surface area (Å²) in [5, 5.41) is 3.57. The number of amides is 2. The fourth-order valence-electron chi connectivity index (χ4n) is 6.15. The zero-order valence-corrected chi connectivity index (χ0v) is 28.9. The van der Waals surface area contributed by atoms with Gasteiger partial charge in [0.15, 0.2) is 0 Å². The molecule has 1 atom stereocenters. The number of hydrogen-bond acceptors (Lipinski definition) is 5. The van der Waals surface area contributed by atoms with Gasteiger partial charge in [0.2, 0.25) is 11.8 Å². The Kier molecular flexibility index (Phi) is 11.8. The van der Waals surface area contributed by atoms with Crippen LogP contribution in [-0.4, -0.2) is 50.9 Å². The lowest BCUT2D eigenvalue weighted by Crippen LogP contribution is -2.55. The molecule has 8 nitrogen and oxygen atoms in total. The average Bonchev–Trinajstić information content (AvgIpc) is 3.11. The lowest BCUT2D eigenvalue weighted by atomic mass is 9.94. The highest BCUT2D eigenvalue weighted by molar-refractivity contribution is 7.92. The molecular weight excluding hydrogens is 646 g/mol. The van der Waals surface area contributed by atoms with Crippen LogP contribution in [0.4, 0.5) is 5.69 Å². The Balaban J connectivity index is 1.59. The highest BCUT2D eigenvalue weighted by atomic mass is 35.5. The first-order valence-corrected chi connectivity index (χ1v) is 18.1. The van der Waals surface area contributed by atoms with Crippen LogP contribution < -0.4 is 14.4 Å². The summed E-state index contributed by atoms with van der Waals surface area (Å²) in [4.78, 5) is 30.6. The number of hydrogen-bond donors (Lipinski definition) is 1. The van der Waals surface area contributed by atoms with Crippen molar-refractivity contribution < 1.29 is 22.7 Å². The minimum atomic E-state index is -4.23. The number of methoxy groups -OCH3 is 1. The van der Waals surface area contributed by atoms with Gasteiger partial charge >= 0.3 is 0 Å². The number of benzene rings is 4. The van der Waals surface area contributed by atoms with E-state index in [1.807, 2.05) is 54.6 Å². The molecule has 0 heterocycles. The molecule has 1 N–H and O–H groups in total. The Morgan fingerprint density at radius 3 is 2.23 bits per heavy atom. The molecule has 0 saturated heterocycles. The summed E-state index contributed by atoms with van der Waals surface area (Å²) in [6.45, 7) is 1.28. The maximum atomic E-state index is 14.8. The maximum Gasteiger partial charge on any atom is 0.264 e. The van der Waals surface area contributed by atoms with Crippen LogP contribution in [0.1, 0.15) is 48.8 Å². The maximum absolute atomic E-state index is 14.8. The third kappa shape index (κ3) is 8.76. The molecule has 0 unspecified atom stereocenters. The summed E-state index contributed by atoms with van der Waals surface area (Å²) in [6, 6.07) is 28.9. The number of carbonyl (C=O) groups is 2. The molecule has 1 aliphatic rings. The zero-order chi connectivity index (χ0) is 34.1. The van der Waals surface area contributed by atoms with E-state index in [4.69, 9.17) is 16.3 Å². The molecule has 5 rings (SSSR count). The minimum absolute atomic E-state index is 0.0161. The van der Waals surface area contributed by atoms with Crippen molar-refractivity contribution in [2.75, 3.05) is 18.0 Å². The summed E-state index contributed by atoms with van der Waals surface area (Å²) < 4.78 is 35.1. The molecule has 0 aromatic heterocycles. The average molecular weight is 688 g/mol. The van der Waals surface area contributed by atoms with Crippen molar-refractivity contribution in [3.63, 3.8) is 0 Å². The zero-order valence-electron chi connectivity index (χ0n) is 27.3. The number of carbonyl (C=O) groups excluding carboxylic acids is 2. The second-order valence-electron chi connectivity index (χ2n) is 12.2. The number of halogens is 1. The molecule has 0 bridgehead atoms. The molecule has 2 amide bonds. The van der Waals surface area contributed by atoms with E-state index in [2.05, 4.69) is 5.32 Å². The van der Waals surface area contributed by atoms with Crippen molar-refractivity contribution in [2.45, 2.75) is 69.0 Å². The van der Waals surface area contributed by atoms with Crippen LogP contribution in [0.5, 0.6) is 5.75 Å². The molecule has 1 fully saturated rings. The van der Waals surface area contributed by atoms with Crippen molar-refractivity contribution >= 4 is 39.1 Å². The first-order chi connectivity index (χ1) is 23.2. The third-order valence-corrected chi connectivity index (χ3v) is 10.8. The molecule has 4 aromatic rings. The smallest absolute Gasteiger partial charge is 0.264 e. The lowest BCUT2D eigenvalue weighted by molar-refractivity contribution is -0.140. The second-order valence-corrected chi connectivity index (χ2v) is 14.5. The number of sulfonamides is 1. The van der Waals surface area contributed by atoms with Crippen LogP contribution in [-0.2, 0) is 32.6 Å². The molecule has 0 radical (unpaired) electrons. The van der Waals surface area contributed by atoms with Crippen molar-refractivity contribution in [1.29, 1.82) is 0 Å². The Labute approximate surface area is 288 Å². The molecule has 4 aromatic carbocycles. The van der Waals surface area contributed by atoms with E-state index in [0.29, 0.717) is 16.3 Å². The molecule has 252 valence electrons. The lowest BCUT2D eigenvalue weighted by Gasteiger charge is -2.35. The van der Waals surface area contributed by atoms with Crippen molar-refractivity contribution in [3.05, 3.63) is 125 Å². The SMILES string of the molecule is COc1cccc(CN(C(=O)CN(c2cc(Cl)ccc2C)S(=O)(=O)c2ccccc2)[C@@H](Cc2ccccc2)C(=O)NC2CCCCC2)c1. The van der Waals surface area contributed by atoms with Gasteiger partial charge in [-0.2, -0.15) is 0 Å². The van der Waals surface area contributed by atoms with E-state index in [1.54, 1.807) is 50.4 Å². The van der Waals surface area contributed by atoms with Crippen LogP contribution in [0, 0.1) is 6.92 Å². The van der Waals surface area contributed by atoms with Gasteiger partial charge in [0.05, 0.1) is 17.7 Å². The number of aryl methyl sites for hydroxylation is 1. The first-order valence-electron chi connectivity index (χ1n) is 16.3. The topological polar surface area (TPSA) is 96.0 Å². The van der Waals surface area contributed by atoms with Gasteiger partial charge in [0.1, 0.15) is 18.3 Å². The number of anilines is 1. The molecule has 1 aliphatic carbocycles. The van der Waals surface area contributed by atoms with Crippen LogP contribution >= 0.6 is 11.6 Å². The first kappa shape index (κ1) is 35.0. The van der Waals surface area contributed by atoms with Gasteiger partial charge in [-0.3, -0.25) is 13.9 Å². The Morgan fingerprint density at radius 2 is 1.54 bits per heavy atom. The van der Waals surface area contributed by atoms with E-state index in [9.17, 15) is 18.0 Å². The Morgan fingerprint density at radius 1 is 0.875 bits per heavy atom. The highest BCUT2D eigenvalue weighted by Crippen LogP contribution is 2.30. The van der Waals surface area contributed by atoms with Gasteiger partial charge in [-0.1, -0.05) is 97.6 Å². The summed E-state index contributed by atoms with van der Waals surface area (Å²) >= 11 is 6.39. The van der Waals surface area contributed by atoms with Gasteiger partial charge in [0, 0.05) is 24.0 Å². The second kappa shape index (κ2) is 16.2. The summed E-state index contributed by atoms with van der Waals surface area (Å²) in [5.74, 6) is -0.191. The van der Waals surface area contributed by atoms with E-state index in [0.717, 1.165) is 47.5 Å². The van der Waals surface area contributed by atoms with Crippen molar-refractivity contribution in [1.82, 2.24) is 10.2 Å². The highest BCUT2D eigenvalue weighted by Gasteiger charge is 2.36. The standard InChI is InChI=1S/C38H42ClN3O5S/c1-28-21-22-31(39)25-35(28)42(48(45,46)34-19-10-5-11-20-34)27-37(43)41(26-30-15-12-18-33(23-30)47-2)36(24-29-13-6-3-7-14-29)38(44)40-32-16-8-4-9-17-32/h3,5-7,10-15,18-23,25,32,36H,4,8-9,16-17,24,26-27H2,1-2H3,(H,40,44)/t36-/m0/s1. The molecule has 10 heteroatoms. The normalized spacial score (nSPS) is 14.1. The van der Waals surface area contributed by atoms with Gasteiger partial charge in [0.25, 0.3) is 10.0 Å². The Bertz CT molecular complexity index is 1800. The fraction of sp³-hybridized carbons (Fsp3) is 0.316. The largest absolute Gasteiger partial charge is 0.497 e. The Hall–Kier alpha value is -4.34. The molecular formula is C38H42ClN3O5S. The van der Waals surface area contributed by atoms with Crippen molar-refractivity contribution in [2.24, 2.45) is 0 Å². The van der Waals surface area contributed by atoms with Gasteiger partial charge in [-0.25, -0.2) is 8.42 Å². The van der Waals surface area contributed by atoms with Crippen molar-refractivity contribution in [3.8, 4) is 5.75 Å². The molecule has 0 aliphatic heterocycles. The van der Waals surface area contributed by atoms with Crippen LogP contribution in [0.2, 0.25) is 5.02 Å². The predicted molar refractivity (Wildman–Crippen MR) is 190 cm³/mol. The van der Waals surface area contributed by atoms with E-state index < -0.39 is 28.5 Å². The van der Waals surface area contributed by atoms with Crippen LogP contribution in [0.25, 0.3) is 0 Å². The summed E-state index contributed by atoms with van der Waals surface area (Å²) in [7, 11) is -2.66. The molecule has 48 heavy (non-hydrogen) atoms. The third-order valence-electron chi connectivity index (χ3n) is 8.76. The monoisotopic (exact) mass is 687 g/mol. The number of rotatable bonds is 13. The van der Waals surface area contributed by atoms with Crippen LogP contribution in [0.3, 0.4) is 0 Å². The van der Waals surface area contributed by atoms with Gasteiger partial charge in [-0.15, -0.1) is 0 Å². The van der Waals surface area contributed by atoms with Crippen LogP contribution in [0.15, 0.2) is 108 Å². The van der Waals surface area contributed by atoms with E-state index >= 15 is 0 Å². The van der Waals surface area contributed by atoms with Gasteiger partial charge < -0.3 is 15.0 Å². The molecule has 1 saturated carbocycles. The fourth-order valence-corrected chi connectivity index (χ4v) is 7.81. The summed E-state index contributed by atoms with van der Waals surface area (Å²) in [6.07, 6.45) is 5.21. The number of ether oxygens (including phenoxy) is 1. The predicted octanol–water partition coefficient (Wildman–Crippen LogP) is 6.94. The van der Waals surface area contributed by atoms with E-state index in [-0.39, 0.29) is 35.5 Å².